The smallest absolute Gasteiger partial charge is 0.242 e. The molecule has 0 aromatic carbocycles. The molecule has 0 aromatic heterocycles. The fourth-order valence-electron chi connectivity index (χ4n) is 1.21. The average molecular weight is 214 g/mol. The van der Waals surface area contributed by atoms with Crippen LogP contribution in [-0.4, -0.2) is 54.0 Å². The summed E-state index contributed by atoms with van der Waals surface area (Å²) in [5.41, 5.74) is 0. The van der Waals surface area contributed by atoms with Gasteiger partial charge in [0.1, 0.15) is 6.54 Å². The first-order valence-electron chi connectivity index (χ1n) is 4.42. The fraction of sp³-hybridized carbons (Fsp3) is 0.556. The van der Waals surface area contributed by atoms with Gasteiger partial charge in [-0.05, 0) is 0 Å². The predicted octanol–water partition coefficient (Wildman–Crippen LogP) is -0.227. The molecule has 1 aliphatic heterocycles. The lowest BCUT2D eigenvalue weighted by Gasteiger charge is -2.30. The van der Waals surface area contributed by atoms with Gasteiger partial charge in [0.2, 0.25) is 11.8 Å². The van der Waals surface area contributed by atoms with Crippen LogP contribution in [0.3, 0.4) is 0 Å². The Kier molecular flexibility index (Phi) is 4.00. The molecule has 2 amide bonds. The molecular formula is C9H14N2O2S. The fourth-order valence-corrected chi connectivity index (χ4v) is 1.35. The van der Waals surface area contributed by atoms with Gasteiger partial charge in [0.15, 0.2) is 0 Å². The Balaban J connectivity index is 2.49. The summed E-state index contributed by atoms with van der Waals surface area (Å²) < 4.78 is 0. The third kappa shape index (κ3) is 2.77. The molecule has 0 unspecified atom stereocenters. The summed E-state index contributed by atoms with van der Waals surface area (Å²) in [5.74, 6) is 0.635. The standard InChI is InChI=1S/C9H14N2O2S/c1-10-6-9(13)11(7-8(10)12)4-2-3-5-14/h2-3,14H,4-7H2,1H3/b3-2+. The van der Waals surface area contributed by atoms with Crippen molar-refractivity contribution in [3.63, 3.8) is 0 Å². The zero-order chi connectivity index (χ0) is 10.6. The average Bonchev–Trinajstić information content (AvgIpc) is 2.14. The quantitative estimate of drug-likeness (QED) is 0.521. The van der Waals surface area contributed by atoms with Crippen LogP contribution in [0.5, 0.6) is 0 Å². The van der Waals surface area contributed by atoms with Crippen LogP contribution >= 0.6 is 12.6 Å². The molecule has 0 aliphatic carbocycles. The topological polar surface area (TPSA) is 40.6 Å². The Morgan fingerprint density at radius 3 is 2.64 bits per heavy atom. The van der Waals surface area contributed by atoms with E-state index in [2.05, 4.69) is 12.6 Å². The SMILES string of the molecule is CN1CC(=O)N(C/C=C/CS)CC1=O. The van der Waals surface area contributed by atoms with Crippen LogP contribution in [-0.2, 0) is 9.59 Å². The van der Waals surface area contributed by atoms with Gasteiger partial charge in [-0.25, -0.2) is 0 Å². The number of likely N-dealkylation sites (N-methyl/N-ethyl adjacent to an activating group) is 1. The molecule has 1 heterocycles. The predicted molar refractivity (Wildman–Crippen MR) is 57.2 cm³/mol. The van der Waals surface area contributed by atoms with E-state index in [-0.39, 0.29) is 24.9 Å². The van der Waals surface area contributed by atoms with Crippen molar-refractivity contribution in [2.24, 2.45) is 0 Å². The third-order valence-electron chi connectivity index (χ3n) is 2.07. The van der Waals surface area contributed by atoms with Gasteiger partial charge in [0, 0.05) is 19.3 Å². The monoisotopic (exact) mass is 214 g/mol. The minimum Gasteiger partial charge on any atom is -0.335 e. The molecule has 1 rings (SSSR count). The van der Waals surface area contributed by atoms with Gasteiger partial charge in [0.25, 0.3) is 0 Å². The molecule has 1 fully saturated rings. The van der Waals surface area contributed by atoms with E-state index in [1.807, 2.05) is 12.2 Å². The highest BCUT2D eigenvalue weighted by Gasteiger charge is 2.26. The molecule has 0 saturated carbocycles. The van der Waals surface area contributed by atoms with E-state index in [9.17, 15) is 9.59 Å². The zero-order valence-electron chi connectivity index (χ0n) is 8.14. The van der Waals surface area contributed by atoms with E-state index in [0.29, 0.717) is 12.3 Å². The van der Waals surface area contributed by atoms with Crippen molar-refractivity contribution in [3.8, 4) is 0 Å². The number of hydrogen-bond donors (Lipinski definition) is 1. The summed E-state index contributed by atoms with van der Waals surface area (Å²) in [5, 5.41) is 0. The molecule has 0 radical (unpaired) electrons. The highest BCUT2D eigenvalue weighted by Crippen LogP contribution is 2.02. The van der Waals surface area contributed by atoms with Crippen LogP contribution in [0.4, 0.5) is 0 Å². The van der Waals surface area contributed by atoms with Gasteiger partial charge in [-0.1, -0.05) is 12.2 Å². The lowest BCUT2D eigenvalue weighted by molar-refractivity contribution is -0.148. The molecule has 1 saturated heterocycles. The Hall–Kier alpha value is -0.970. The van der Waals surface area contributed by atoms with Crippen LogP contribution in [0.25, 0.3) is 0 Å². The van der Waals surface area contributed by atoms with Crippen molar-refractivity contribution in [2.45, 2.75) is 0 Å². The summed E-state index contributed by atoms with van der Waals surface area (Å²) in [6.07, 6.45) is 3.71. The zero-order valence-corrected chi connectivity index (χ0v) is 9.04. The normalized spacial score (nSPS) is 18.4. The van der Waals surface area contributed by atoms with Crippen LogP contribution in [0.2, 0.25) is 0 Å². The molecular weight excluding hydrogens is 200 g/mol. The third-order valence-corrected chi connectivity index (χ3v) is 2.29. The van der Waals surface area contributed by atoms with Crippen molar-refractivity contribution in [3.05, 3.63) is 12.2 Å². The molecule has 5 heteroatoms. The highest BCUT2D eigenvalue weighted by atomic mass is 32.1. The van der Waals surface area contributed by atoms with Crippen LogP contribution in [0.15, 0.2) is 12.2 Å². The minimum absolute atomic E-state index is 0.00378. The van der Waals surface area contributed by atoms with Gasteiger partial charge >= 0.3 is 0 Å². The number of carbonyl (C=O) groups is 2. The molecule has 14 heavy (non-hydrogen) atoms. The number of piperazine rings is 1. The molecule has 0 spiro atoms. The molecule has 0 N–H and O–H groups in total. The molecule has 0 aromatic rings. The van der Waals surface area contributed by atoms with Crippen molar-refractivity contribution in [1.82, 2.24) is 9.80 Å². The lowest BCUT2D eigenvalue weighted by atomic mass is 10.3. The van der Waals surface area contributed by atoms with Crippen LogP contribution < -0.4 is 0 Å². The first-order valence-corrected chi connectivity index (χ1v) is 5.06. The maximum Gasteiger partial charge on any atom is 0.242 e. The molecule has 4 nitrogen and oxygen atoms in total. The van der Waals surface area contributed by atoms with Gasteiger partial charge in [-0.15, -0.1) is 0 Å². The minimum atomic E-state index is -0.0103. The second kappa shape index (κ2) is 5.05. The summed E-state index contributed by atoms with van der Waals surface area (Å²) >= 11 is 4.01. The van der Waals surface area contributed by atoms with E-state index < -0.39 is 0 Å². The Bertz CT molecular complexity index is 266. The molecule has 78 valence electrons. The van der Waals surface area contributed by atoms with Gasteiger partial charge in [0.05, 0.1) is 6.54 Å². The maximum atomic E-state index is 11.4. The number of nitrogens with zero attached hydrogens (tertiary/aromatic N) is 2. The first kappa shape index (κ1) is 11.1. The van der Waals surface area contributed by atoms with Gasteiger partial charge in [-0.2, -0.15) is 12.6 Å². The van der Waals surface area contributed by atoms with Crippen molar-refractivity contribution >= 4 is 24.4 Å². The Labute approximate surface area is 89.0 Å². The van der Waals surface area contributed by atoms with Gasteiger partial charge in [-0.3, -0.25) is 9.59 Å². The van der Waals surface area contributed by atoms with Crippen LogP contribution in [0, 0.1) is 0 Å². The Morgan fingerprint density at radius 1 is 1.29 bits per heavy atom. The summed E-state index contributed by atoms with van der Waals surface area (Å²) in [6.45, 7) is 0.874. The van der Waals surface area contributed by atoms with E-state index in [1.165, 1.54) is 4.90 Å². The van der Waals surface area contributed by atoms with E-state index in [1.54, 1.807) is 11.9 Å². The molecule has 1 aliphatic rings. The highest BCUT2D eigenvalue weighted by molar-refractivity contribution is 7.80. The second-order valence-corrected chi connectivity index (χ2v) is 3.54. The molecule has 0 atom stereocenters. The van der Waals surface area contributed by atoms with Gasteiger partial charge < -0.3 is 9.80 Å². The van der Waals surface area contributed by atoms with E-state index >= 15 is 0 Å². The summed E-state index contributed by atoms with van der Waals surface area (Å²) in [4.78, 5) is 25.7. The van der Waals surface area contributed by atoms with E-state index in [0.717, 1.165) is 0 Å². The number of amides is 2. The largest absolute Gasteiger partial charge is 0.335 e. The first-order chi connectivity index (χ1) is 6.65. The number of carbonyl (C=O) groups excluding carboxylic acids is 2. The summed E-state index contributed by atoms with van der Waals surface area (Å²) in [6, 6.07) is 0. The number of hydrogen-bond acceptors (Lipinski definition) is 3. The van der Waals surface area contributed by atoms with Crippen molar-refractivity contribution in [2.75, 3.05) is 32.4 Å². The van der Waals surface area contributed by atoms with Crippen molar-refractivity contribution in [1.29, 1.82) is 0 Å². The Morgan fingerprint density at radius 2 is 2.00 bits per heavy atom. The second-order valence-electron chi connectivity index (χ2n) is 3.18. The summed E-state index contributed by atoms with van der Waals surface area (Å²) in [7, 11) is 1.64. The van der Waals surface area contributed by atoms with Crippen LogP contribution in [0.1, 0.15) is 0 Å². The lowest BCUT2D eigenvalue weighted by Crippen LogP contribution is -2.52. The maximum absolute atomic E-state index is 11.4. The van der Waals surface area contributed by atoms with E-state index in [4.69, 9.17) is 0 Å². The molecule has 0 bridgehead atoms. The van der Waals surface area contributed by atoms with Crippen molar-refractivity contribution < 1.29 is 9.59 Å². The number of thiol groups is 1. The number of rotatable bonds is 3.